The molecule has 1 aromatic carbocycles. The van der Waals surface area contributed by atoms with Gasteiger partial charge in [0.05, 0.1) is 6.10 Å². The van der Waals surface area contributed by atoms with Crippen molar-refractivity contribution in [1.82, 2.24) is 5.32 Å². The second kappa shape index (κ2) is 9.06. The van der Waals surface area contributed by atoms with E-state index < -0.39 is 6.10 Å². The van der Waals surface area contributed by atoms with E-state index in [1.54, 1.807) is 0 Å². The minimum Gasteiger partial charge on any atom is -0.387 e. The van der Waals surface area contributed by atoms with Crippen molar-refractivity contribution in [2.24, 2.45) is 5.92 Å². The normalized spacial score (nSPS) is 18.3. The molecule has 3 nitrogen and oxygen atoms in total. The minimum absolute atomic E-state index is 0.0509. The molecular formula is C19H29NO2. The molecule has 1 aliphatic rings. The van der Waals surface area contributed by atoms with Crippen LogP contribution in [-0.4, -0.2) is 23.5 Å². The molecule has 1 aliphatic carbocycles. The molecule has 1 saturated carbocycles. The Morgan fingerprint density at radius 1 is 1.23 bits per heavy atom. The van der Waals surface area contributed by atoms with E-state index in [9.17, 15) is 9.90 Å². The molecule has 2 N–H and O–H groups in total. The molecule has 2 unspecified atom stereocenters. The molecule has 1 fully saturated rings. The van der Waals surface area contributed by atoms with Gasteiger partial charge in [-0.3, -0.25) is 4.79 Å². The first-order valence-electron chi connectivity index (χ1n) is 8.65. The lowest BCUT2D eigenvalue weighted by Gasteiger charge is -2.20. The zero-order valence-corrected chi connectivity index (χ0v) is 13.6. The zero-order valence-electron chi connectivity index (χ0n) is 13.6. The third-order valence-electron chi connectivity index (χ3n) is 4.79. The van der Waals surface area contributed by atoms with Crippen LogP contribution >= 0.6 is 0 Å². The number of hydrogen-bond donors (Lipinski definition) is 2. The molecule has 0 saturated heterocycles. The summed E-state index contributed by atoms with van der Waals surface area (Å²) in [7, 11) is 0. The van der Waals surface area contributed by atoms with Gasteiger partial charge in [-0.2, -0.15) is 0 Å². The van der Waals surface area contributed by atoms with E-state index >= 15 is 0 Å². The summed E-state index contributed by atoms with van der Waals surface area (Å²) >= 11 is 0. The molecule has 0 radical (unpaired) electrons. The van der Waals surface area contributed by atoms with Gasteiger partial charge in [-0.15, -0.1) is 0 Å². The lowest BCUT2D eigenvalue weighted by Crippen LogP contribution is -2.33. The molecule has 22 heavy (non-hydrogen) atoms. The van der Waals surface area contributed by atoms with E-state index in [4.69, 9.17) is 0 Å². The molecule has 0 aromatic heterocycles. The monoisotopic (exact) mass is 303 g/mol. The number of benzene rings is 1. The number of Topliss-reactive ketones (excluding diaryl/α,β-unsaturated/α-hetero) is 1. The molecule has 0 spiro atoms. The Balaban J connectivity index is 1.61. The molecular weight excluding hydrogens is 274 g/mol. The van der Waals surface area contributed by atoms with Crippen LogP contribution < -0.4 is 5.32 Å². The largest absolute Gasteiger partial charge is 0.387 e. The molecule has 122 valence electrons. The fourth-order valence-electron chi connectivity index (χ4n) is 3.28. The van der Waals surface area contributed by atoms with Crippen LogP contribution in [0.1, 0.15) is 63.5 Å². The molecule has 1 aromatic rings. The van der Waals surface area contributed by atoms with Crippen LogP contribution in [0.25, 0.3) is 0 Å². The van der Waals surface area contributed by atoms with Crippen molar-refractivity contribution in [3.63, 3.8) is 0 Å². The predicted molar refractivity (Wildman–Crippen MR) is 89.7 cm³/mol. The van der Waals surface area contributed by atoms with Crippen molar-refractivity contribution in [3.05, 3.63) is 35.9 Å². The van der Waals surface area contributed by atoms with Crippen molar-refractivity contribution in [2.75, 3.05) is 6.54 Å². The first-order valence-corrected chi connectivity index (χ1v) is 8.65. The van der Waals surface area contributed by atoms with Gasteiger partial charge in [-0.1, -0.05) is 56.0 Å². The summed E-state index contributed by atoms with van der Waals surface area (Å²) in [6.07, 6.45) is 7.14. The highest BCUT2D eigenvalue weighted by molar-refractivity contribution is 5.78. The van der Waals surface area contributed by atoms with Gasteiger partial charge in [0.2, 0.25) is 0 Å². The molecule has 3 heteroatoms. The van der Waals surface area contributed by atoms with Crippen LogP contribution in [0.4, 0.5) is 0 Å². The number of carbonyl (C=O) groups excluding carboxylic acids is 1. The molecule has 2 rings (SSSR count). The standard InChI is InChI=1S/C19H29NO2/c1-15(19(22)17-9-3-2-4-10-17)20-14-13-18(21)12-11-16-7-5-6-8-16/h2-4,9-10,15-16,19-20,22H,5-8,11-14H2,1H3. The maximum atomic E-state index is 11.9. The molecule has 0 heterocycles. The Bertz CT molecular complexity index is 440. The van der Waals surface area contributed by atoms with Gasteiger partial charge in [-0.05, 0) is 24.8 Å². The number of aliphatic hydroxyl groups is 1. The third-order valence-corrected chi connectivity index (χ3v) is 4.79. The fourth-order valence-corrected chi connectivity index (χ4v) is 3.28. The maximum absolute atomic E-state index is 11.9. The topological polar surface area (TPSA) is 49.3 Å². The van der Waals surface area contributed by atoms with Crippen LogP contribution in [0.15, 0.2) is 30.3 Å². The highest BCUT2D eigenvalue weighted by Gasteiger charge is 2.17. The SMILES string of the molecule is CC(NCCC(=O)CCC1CCCC1)C(O)c1ccccc1. The smallest absolute Gasteiger partial charge is 0.134 e. The van der Waals surface area contributed by atoms with E-state index in [-0.39, 0.29) is 6.04 Å². The van der Waals surface area contributed by atoms with Gasteiger partial charge < -0.3 is 10.4 Å². The summed E-state index contributed by atoms with van der Waals surface area (Å²) < 4.78 is 0. The van der Waals surface area contributed by atoms with Gasteiger partial charge in [0.1, 0.15) is 5.78 Å². The number of rotatable bonds is 9. The fraction of sp³-hybridized carbons (Fsp3) is 0.632. The van der Waals surface area contributed by atoms with Crippen molar-refractivity contribution >= 4 is 5.78 Å². The molecule has 0 bridgehead atoms. The Morgan fingerprint density at radius 2 is 1.91 bits per heavy atom. The quantitative estimate of drug-likeness (QED) is 0.732. The van der Waals surface area contributed by atoms with E-state index in [2.05, 4.69) is 5.32 Å². The van der Waals surface area contributed by atoms with Crippen molar-refractivity contribution in [3.8, 4) is 0 Å². The van der Waals surface area contributed by atoms with Crippen molar-refractivity contribution < 1.29 is 9.90 Å². The summed E-state index contributed by atoms with van der Waals surface area (Å²) in [4.78, 5) is 11.9. The highest BCUT2D eigenvalue weighted by Crippen LogP contribution is 2.28. The van der Waals surface area contributed by atoms with Crippen LogP contribution in [0.3, 0.4) is 0 Å². The van der Waals surface area contributed by atoms with Gasteiger partial charge in [0.25, 0.3) is 0 Å². The Morgan fingerprint density at radius 3 is 2.59 bits per heavy atom. The van der Waals surface area contributed by atoms with Crippen molar-refractivity contribution in [1.29, 1.82) is 0 Å². The molecule has 2 atom stereocenters. The third kappa shape index (κ3) is 5.54. The van der Waals surface area contributed by atoms with Gasteiger partial charge in [0, 0.05) is 25.4 Å². The average Bonchev–Trinajstić information content (AvgIpc) is 3.06. The lowest BCUT2D eigenvalue weighted by atomic mass is 9.99. The lowest BCUT2D eigenvalue weighted by molar-refractivity contribution is -0.119. The summed E-state index contributed by atoms with van der Waals surface area (Å²) in [5.74, 6) is 1.14. The second-order valence-corrected chi connectivity index (χ2v) is 6.58. The Hall–Kier alpha value is -1.19. The highest BCUT2D eigenvalue weighted by atomic mass is 16.3. The summed E-state index contributed by atoms with van der Waals surface area (Å²) in [6, 6.07) is 9.60. The summed E-state index contributed by atoms with van der Waals surface area (Å²) in [6.45, 7) is 2.61. The number of aliphatic hydroxyl groups excluding tert-OH is 1. The average molecular weight is 303 g/mol. The summed E-state index contributed by atoms with van der Waals surface area (Å²) in [5.41, 5.74) is 0.912. The van der Waals surface area contributed by atoms with E-state index in [1.807, 2.05) is 37.3 Å². The van der Waals surface area contributed by atoms with E-state index in [0.29, 0.717) is 18.7 Å². The predicted octanol–water partition coefficient (Wildman–Crippen LogP) is 3.63. The Kier molecular flexibility index (Phi) is 7.07. The van der Waals surface area contributed by atoms with Gasteiger partial charge in [-0.25, -0.2) is 0 Å². The minimum atomic E-state index is -0.533. The molecule has 0 amide bonds. The molecule has 0 aliphatic heterocycles. The number of hydrogen-bond acceptors (Lipinski definition) is 3. The van der Waals surface area contributed by atoms with E-state index in [1.165, 1.54) is 25.7 Å². The van der Waals surface area contributed by atoms with Crippen LogP contribution in [0.2, 0.25) is 0 Å². The van der Waals surface area contributed by atoms with Crippen LogP contribution in [0, 0.1) is 5.92 Å². The van der Waals surface area contributed by atoms with Crippen LogP contribution in [-0.2, 0) is 4.79 Å². The van der Waals surface area contributed by atoms with Crippen molar-refractivity contribution in [2.45, 2.75) is 64.0 Å². The van der Waals surface area contributed by atoms with Gasteiger partial charge >= 0.3 is 0 Å². The maximum Gasteiger partial charge on any atom is 0.134 e. The Labute approximate surface area is 134 Å². The summed E-state index contributed by atoms with van der Waals surface area (Å²) in [5, 5.41) is 13.5. The number of nitrogens with one attached hydrogen (secondary N) is 1. The van der Waals surface area contributed by atoms with Gasteiger partial charge in [0.15, 0.2) is 0 Å². The number of ketones is 1. The van der Waals surface area contributed by atoms with Crippen LogP contribution in [0.5, 0.6) is 0 Å². The first-order chi connectivity index (χ1) is 10.7. The number of carbonyl (C=O) groups is 1. The zero-order chi connectivity index (χ0) is 15.8. The first kappa shape index (κ1) is 17.2. The second-order valence-electron chi connectivity index (χ2n) is 6.58. The van der Waals surface area contributed by atoms with E-state index in [0.717, 1.165) is 24.3 Å².